The van der Waals surface area contributed by atoms with Crippen molar-refractivity contribution >= 4 is 5.57 Å². The lowest BCUT2D eigenvalue weighted by molar-refractivity contribution is 0.521. The minimum atomic E-state index is 0.246. The van der Waals surface area contributed by atoms with Crippen LogP contribution in [0, 0.1) is 25.7 Å². The molecule has 0 spiro atoms. The van der Waals surface area contributed by atoms with Gasteiger partial charge in [-0.25, -0.2) is 0 Å². The van der Waals surface area contributed by atoms with Crippen LogP contribution >= 0.6 is 0 Å². The van der Waals surface area contributed by atoms with Crippen molar-refractivity contribution < 1.29 is 0 Å². The van der Waals surface area contributed by atoms with Gasteiger partial charge >= 0.3 is 0 Å². The molecule has 1 aromatic carbocycles. The first kappa shape index (κ1) is 33.2. The second-order valence-electron chi connectivity index (χ2n) is 9.67. The van der Waals surface area contributed by atoms with Crippen molar-refractivity contribution in [2.24, 2.45) is 17.6 Å². The van der Waals surface area contributed by atoms with Gasteiger partial charge in [0.05, 0.1) is 0 Å². The quantitative estimate of drug-likeness (QED) is 0.306. The first-order valence-electron chi connectivity index (χ1n) is 14.0. The third-order valence-corrected chi connectivity index (χ3v) is 6.70. The van der Waals surface area contributed by atoms with E-state index in [-0.39, 0.29) is 11.8 Å². The van der Waals surface area contributed by atoms with Crippen molar-refractivity contribution in [2.45, 2.75) is 54.4 Å². The molecule has 1 nitrogen and oxygen atoms in total. The highest BCUT2D eigenvalue weighted by Crippen LogP contribution is 2.35. The predicted octanol–water partition coefficient (Wildman–Crippen LogP) is 10.6. The van der Waals surface area contributed by atoms with Crippen LogP contribution in [0.5, 0.6) is 0 Å². The van der Waals surface area contributed by atoms with E-state index in [1.165, 1.54) is 33.4 Å². The largest absolute Gasteiger partial charge is 0.399 e. The molecule has 206 valence electrons. The summed E-state index contributed by atoms with van der Waals surface area (Å²) in [5, 5.41) is 0. The average Bonchev–Trinajstić information content (AvgIpc) is 2.94. The maximum atomic E-state index is 6.00. The Labute approximate surface area is 239 Å². The van der Waals surface area contributed by atoms with Gasteiger partial charge in [-0.15, -0.1) is 0 Å². The molecule has 0 aliphatic heterocycles. The fraction of sp³-hybridized carbons (Fsp3) is 0.263. The van der Waals surface area contributed by atoms with E-state index in [0.29, 0.717) is 5.70 Å². The fourth-order valence-electron chi connectivity index (χ4n) is 4.26. The molecule has 0 heterocycles. The normalized spacial score (nSPS) is 15.9. The summed E-state index contributed by atoms with van der Waals surface area (Å²) >= 11 is 0. The van der Waals surface area contributed by atoms with Crippen LogP contribution in [-0.2, 0) is 0 Å². The Kier molecular flexibility index (Phi) is 15.7. The molecular weight excluding hydrogens is 470 g/mol. The molecule has 1 aliphatic rings. The zero-order valence-corrected chi connectivity index (χ0v) is 25.1. The van der Waals surface area contributed by atoms with E-state index >= 15 is 0 Å². The Bertz CT molecular complexity index is 1220. The minimum absolute atomic E-state index is 0.246. The highest BCUT2D eigenvalue weighted by Gasteiger charge is 2.19. The lowest BCUT2D eigenvalue weighted by Crippen LogP contribution is -2.12. The van der Waals surface area contributed by atoms with Crippen LogP contribution in [-0.4, -0.2) is 0 Å². The molecule has 39 heavy (non-hydrogen) atoms. The van der Waals surface area contributed by atoms with E-state index in [2.05, 4.69) is 132 Å². The van der Waals surface area contributed by atoms with Crippen LogP contribution in [0.25, 0.3) is 5.57 Å². The second-order valence-corrected chi connectivity index (χ2v) is 9.67. The second kappa shape index (κ2) is 18.4. The molecule has 1 aliphatic carbocycles. The van der Waals surface area contributed by atoms with E-state index in [1.807, 2.05) is 26.0 Å². The number of aryl methyl sites for hydroxylation is 2. The van der Waals surface area contributed by atoms with Crippen molar-refractivity contribution in [2.75, 3.05) is 0 Å². The third kappa shape index (κ3) is 11.6. The summed E-state index contributed by atoms with van der Waals surface area (Å²) in [5.41, 5.74) is 15.1. The van der Waals surface area contributed by atoms with Gasteiger partial charge in [0.25, 0.3) is 0 Å². The van der Waals surface area contributed by atoms with Crippen molar-refractivity contribution in [3.63, 3.8) is 0 Å². The lowest BCUT2D eigenvalue weighted by Gasteiger charge is -2.24. The molecule has 2 N–H and O–H groups in total. The van der Waals surface area contributed by atoms with Crippen molar-refractivity contribution in [1.82, 2.24) is 0 Å². The molecule has 0 aromatic heterocycles. The van der Waals surface area contributed by atoms with E-state index < -0.39 is 0 Å². The zero-order valence-electron chi connectivity index (χ0n) is 25.1. The van der Waals surface area contributed by atoms with Gasteiger partial charge in [0.15, 0.2) is 0 Å². The topological polar surface area (TPSA) is 26.0 Å². The molecule has 1 aromatic rings. The summed E-state index contributed by atoms with van der Waals surface area (Å²) in [5.74, 6) is 0.517. The van der Waals surface area contributed by atoms with Crippen molar-refractivity contribution in [1.29, 1.82) is 0 Å². The third-order valence-electron chi connectivity index (χ3n) is 6.70. The molecule has 2 rings (SSSR count). The molecule has 2 atom stereocenters. The Morgan fingerprint density at radius 2 is 1.67 bits per heavy atom. The summed E-state index contributed by atoms with van der Waals surface area (Å²) in [6.07, 6.45) is 22.6. The van der Waals surface area contributed by atoms with Gasteiger partial charge in [-0.1, -0.05) is 167 Å². The molecule has 0 amide bonds. The summed E-state index contributed by atoms with van der Waals surface area (Å²) in [6.45, 7) is 24.5. The maximum absolute atomic E-state index is 6.00. The van der Waals surface area contributed by atoms with Crippen LogP contribution in [0.4, 0.5) is 0 Å². The Hall–Kier alpha value is -3.84. The monoisotopic (exact) mass is 519 g/mol. The number of rotatable bonds is 10. The standard InChI is InChI=1S/C36H43N.C2H6/c1-8-10-12-21-34(30(6)29(5)25-32(9-2)31(7)37)26-36(33-19-13-11-14-20-33)35-23-22-27(3)17-15-16-18-28(4)24-35;1-2/h8-19,21-25,29-30H,1-2,7,20,26,37H2,3-6H3;1-2H3/b12-10-,16-15?,17-15?,18-16?,23-22?,27-17?,27-22?,28-18?,28-24?,32-25+,34-21+,35-23?,35-24?,36-33+;. The lowest BCUT2D eigenvalue weighted by atomic mass is 9.81. The average molecular weight is 520 g/mol. The molecule has 0 bridgehead atoms. The van der Waals surface area contributed by atoms with E-state index in [4.69, 9.17) is 5.73 Å². The van der Waals surface area contributed by atoms with Gasteiger partial charge in [-0.05, 0) is 60.8 Å². The zero-order chi connectivity index (χ0) is 29.2. The van der Waals surface area contributed by atoms with Crippen LogP contribution < -0.4 is 5.73 Å². The van der Waals surface area contributed by atoms with Gasteiger partial charge in [-0.2, -0.15) is 0 Å². The Balaban J connectivity index is 0.00000371. The van der Waals surface area contributed by atoms with E-state index in [1.54, 1.807) is 6.08 Å². The van der Waals surface area contributed by atoms with Crippen LogP contribution in [0.1, 0.15) is 57.2 Å². The highest BCUT2D eigenvalue weighted by molar-refractivity contribution is 5.73. The van der Waals surface area contributed by atoms with Crippen molar-refractivity contribution in [3.8, 4) is 0 Å². The number of hydrogen-bond acceptors (Lipinski definition) is 1. The smallest absolute Gasteiger partial charge is 0.0311 e. The molecule has 0 radical (unpaired) electrons. The summed E-state index contributed by atoms with van der Waals surface area (Å²) in [6, 6.07) is 15.3. The predicted molar refractivity (Wildman–Crippen MR) is 177 cm³/mol. The van der Waals surface area contributed by atoms with Gasteiger partial charge in [-0.3, -0.25) is 0 Å². The molecule has 0 fully saturated rings. The fourth-order valence-corrected chi connectivity index (χ4v) is 4.26. The number of nitrogens with two attached hydrogens (primary N) is 1. The van der Waals surface area contributed by atoms with Crippen LogP contribution in [0.3, 0.4) is 0 Å². The van der Waals surface area contributed by atoms with E-state index in [9.17, 15) is 0 Å². The molecule has 1 heteroatoms. The van der Waals surface area contributed by atoms with E-state index in [0.717, 1.165) is 18.4 Å². The molecular formula is C38H49N. The van der Waals surface area contributed by atoms with Gasteiger partial charge in [0.2, 0.25) is 0 Å². The van der Waals surface area contributed by atoms with Crippen LogP contribution in [0.15, 0.2) is 145 Å². The van der Waals surface area contributed by atoms with Crippen LogP contribution in [0.2, 0.25) is 0 Å². The summed E-state index contributed by atoms with van der Waals surface area (Å²) < 4.78 is 0. The first-order chi connectivity index (χ1) is 18.8. The molecule has 2 unspecified atom stereocenters. The van der Waals surface area contributed by atoms with Gasteiger partial charge in [0.1, 0.15) is 0 Å². The van der Waals surface area contributed by atoms with Gasteiger partial charge < -0.3 is 5.73 Å². The van der Waals surface area contributed by atoms with Gasteiger partial charge in [0, 0.05) is 5.70 Å². The first-order valence-corrected chi connectivity index (χ1v) is 14.0. The van der Waals surface area contributed by atoms with Crippen molar-refractivity contribution in [3.05, 3.63) is 162 Å². The summed E-state index contributed by atoms with van der Waals surface area (Å²) in [7, 11) is 0. The number of allylic oxidation sites excluding steroid dienone is 13. The Morgan fingerprint density at radius 3 is 2.26 bits per heavy atom. The molecule has 0 saturated carbocycles. The highest BCUT2D eigenvalue weighted by atomic mass is 14.6. The molecule has 0 saturated heterocycles. The SMILES string of the molecule is C=C/C=C\C=C(/C/C(=C1/C=CC=CC1)c1ccc(C)ccccc(C)c1)C(C)C(C)/C=C(\C=C)C(=C)N.CC. The summed E-state index contributed by atoms with van der Waals surface area (Å²) in [4.78, 5) is 0. The number of hydrogen-bond donors (Lipinski definition) is 1. The minimum Gasteiger partial charge on any atom is -0.399 e. The Morgan fingerprint density at radius 1 is 0.974 bits per heavy atom. The maximum Gasteiger partial charge on any atom is 0.0311 e.